The van der Waals surface area contributed by atoms with Crippen LogP contribution >= 0.6 is 0 Å². The maximum absolute atomic E-state index is 12.0. The van der Waals surface area contributed by atoms with Gasteiger partial charge in [0.25, 0.3) is 0 Å². The number of Topliss-reactive ketones (excluding diaryl/α,β-unsaturated/α-hetero) is 1. The van der Waals surface area contributed by atoms with Crippen molar-refractivity contribution in [1.29, 1.82) is 0 Å². The summed E-state index contributed by atoms with van der Waals surface area (Å²) < 4.78 is 10.9. The zero-order valence-electron chi connectivity index (χ0n) is 11.3. The summed E-state index contributed by atoms with van der Waals surface area (Å²) in [5.74, 6) is -0.993. The smallest absolute Gasteiger partial charge is 0.248 e. The quantitative estimate of drug-likeness (QED) is 0.811. The van der Waals surface area contributed by atoms with E-state index in [0.29, 0.717) is 37.7 Å². The van der Waals surface area contributed by atoms with Gasteiger partial charge in [-0.3, -0.25) is 9.59 Å². The molecule has 2 aliphatic rings. The summed E-state index contributed by atoms with van der Waals surface area (Å²) in [5.41, 5.74) is 0.301. The number of benzene rings is 1. The zero-order valence-corrected chi connectivity index (χ0v) is 11.3. The number of nitrogens with zero attached hydrogens (tertiary/aromatic N) is 1. The number of aromatic hydroxyl groups is 1. The predicted octanol–water partition coefficient (Wildman–Crippen LogP) is 0.775. The van der Waals surface area contributed by atoms with Gasteiger partial charge >= 0.3 is 0 Å². The summed E-state index contributed by atoms with van der Waals surface area (Å²) in [4.78, 5) is 25.8. The summed E-state index contributed by atoms with van der Waals surface area (Å²) >= 11 is 0. The Kier molecular flexibility index (Phi) is 3.62. The molecular formula is C15H15NO5. The summed E-state index contributed by atoms with van der Waals surface area (Å²) in [5, 5.41) is 9.87. The highest BCUT2D eigenvalue weighted by atomic mass is 16.5. The van der Waals surface area contributed by atoms with Crippen LogP contribution in [0.15, 0.2) is 36.2 Å². The van der Waals surface area contributed by atoms with Gasteiger partial charge in [0.2, 0.25) is 11.6 Å². The lowest BCUT2D eigenvalue weighted by atomic mass is 10.00. The average molecular weight is 289 g/mol. The van der Waals surface area contributed by atoms with Gasteiger partial charge in [-0.1, -0.05) is 18.2 Å². The van der Waals surface area contributed by atoms with Crippen molar-refractivity contribution in [2.75, 3.05) is 26.3 Å². The van der Waals surface area contributed by atoms with Crippen LogP contribution in [0.25, 0.3) is 0 Å². The van der Waals surface area contributed by atoms with Gasteiger partial charge in [-0.05, 0) is 6.07 Å². The molecule has 0 aliphatic carbocycles. The van der Waals surface area contributed by atoms with Crippen LogP contribution in [0.2, 0.25) is 0 Å². The van der Waals surface area contributed by atoms with E-state index in [1.54, 1.807) is 18.2 Å². The molecule has 2 aliphatic heterocycles. The van der Waals surface area contributed by atoms with Crippen LogP contribution in [0.5, 0.6) is 5.75 Å². The normalized spacial score (nSPS) is 22.8. The zero-order chi connectivity index (χ0) is 14.8. The molecule has 0 radical (unpaired) electrons. The van der Waals surface area contributed by atoms with E-state index >= 15 is 0 Å². The lowest BCUT2D eigenvalue weighted by molar-refractivity contribution is -0.144. The second kappa shape index (κ2) is 5.57. The van der Waals surface area contributed by atoms with Gasteiger partial charge in [-0.15, -0.1) is 0 Å². The van der Waals surface area contributed by atoms with Crippen LogP contribution < -0.4 is 0 Å². The SMILES string of the molecule is O=C1C=C(N2CCOCC2)OC(c2ccccc2O)C1=O. The topological polar surface area (TPSA) is 76.1 Å². The van der Waals surface area contributed by atoms with Gasteiger partial charge in [-0.2, -0.15) is 0 Å². The lowest BCUT2D eigenvalue weighted by Crippen LogP contribution is -2.40. The average Bonchev–Trinajstić information content (AvgIpc) is 2.51. The summed E-state index contributed by atoms with van der Waals surface area (Å²) in [6, 6.07) is 6.37. The summed E-state index contributed by atoms with van der Waals surface area (Å²) in [6.45, 7) is 2.29. The second-order valence-electron chi connectivity index (χ2n) is 4.87. The second-order valence-corrected chi connectivity index (χ2v) is 4.87. The van der Waals surface area contributed by atoms with Crippen molar-refractivity contribution >= 4 is 11.6 Å². The van der Waals surface area contributed by atoms with Gasteiger partial charge in [0, 0.05) is 24.7 Å². The monoisotopic (exact) mass is 289 g/mol. The number of rotatable bonds is 2. The van der Waals surface area contributed by atoms with Crippen molar-refractivity contribution in [2.45, 2.75) is 6.10 Å². The van der Waals surface area contributed by atoms with Crippen LogP contribution in [0.4, 0.5) is 0 Å². The van der Waals surface area contributed by atoms with Crippen molar-refractivity contribution in [3.05, 3.63) is 41.8 Å². The first kappa shape index (κ1) is 13.6. The van der Waals surface area contributed by atoms with E-state index in [1.807, 2.05) is 4.90 Å². The van der Waals surface area contributed by atoms with Crippen LogP contribution in [-0.4, -0.2) is 47.9 Å². The van der Waals surface area contributed by atoms with Crippen molar-refractivity contribution in [3.63, 3.8) is 0 Å². The molecule has 1 saturated heterocycles. The van der Waals surface area contributed by atoms with E-state index in [1.165, 1.54) is 12.1 Å². The lowest BCUT2D eigenvalue weighted by Gasteiger charge is -2.34. The van der Waals surface area contributed by atoms with Crippen molar-refractivity contribution in [3.8, 4) is 5.75 Å². The first-order valence-electron chi connectivity index (χ1n) is 6.74. The number of hydrogen-bond donors (Lipinski definition) is 1. The van der Waals surface area contributed by atoms with Gasteiger partial charge < -0.3 is 19.5 Å². The van der Waals surface area contributed by atoms with Gasteiger partial charge in [-0.25, -0.2) is 0 Å². The fourth-order valence-electron chi connectivity index (χ4n) is 2.38. The highest BCUT2D eigenvalue weighted by Gasteiger charge is 2.36. The molecule has 2 heterocycles. The molecule has 1 aromatic carbocycles. The minimum atomic E-state index is -1.10. The molecule has 1 N–H and O–H groups in total. The first-order valence-corrected chi connectivity index (χ1v) is 6.74. The number of phenols is 1. The standard InChI is InChI=1S/C15H15NO5/c17-11-4-2-1-3-10(11)15-14(19)12(18)9-13(21-15)16-5-7-20-8-6-16/h1-4,9,15,17H,5-8H2. The molecule has 0 amide bonds. The summed E-state index contributed by atoms with van der Waals surface area (Å²) in [6.07, 6.45) is 0.117. The maximum atomic E-state index is 12.0. The van der Waals surface area contributed by atoms with E-state index in [0.717, 1.165) is 0 Å². The molecule has 0 spiro atoms. The number of carbonyl (C=O) groups excluding carboxylic acids is 2. The molecule has 6 nitrogen and oxygen atoms in total. The fraction of sp³-hybridized carbons (Fsp3) is 0.333. The third kappa shape index (κ3) is 2.62. The minimum Gasteiger partial charge on any atom is -0.508 e. The molecule has 1 atom stereocenters. The Morgan fingerprint density at radius 3 is 2.57 bits per heavy atom. The largest absolute Gasteiger partial charge is 0.508 e. The maximum Gasteiger partial charge on any atom is 0.248 e. The first-order chi connectivity index (χ1) is 10.2. The Morgan fingerprint density at radius 1 is 1.14 bits per heavy atom. The Bertz CT molecular complexity index is 604. The summed E-state index contributed by atoms with van der Waals surface area (Å²) in [7, 11) is 0. The van der Waals surface area contributed by atoms with Crippen molar-refractivity contribution in [2.24, 2.45) is 0 Å². The van der Waals surface area contributed by atoms with E-state index < -0.39 is 17.7 Å². The Balaban J connectivity index is 1.89. The molecule has 6 heteroatoms. The third-order valence-electron chi connectivity index (χ3n) is 3.52. The minimum absolute atomic E-state index is 0.0631. The van der Waals surface area contributed by atoms with Crippen molar-refractivity contribution < 1.29 is 24.2 Å². The number of ketones is 2. The van der Waals surface area contributed by atoms with Crippen LogP contribution in [0, 0.1) is 0 Å². The van der Waals surface area contributed by atoms with Crippen LogP contribution in [0.3, 0.4) is 0 Å². The molecule has 21 heavy (non-hydrogen) atoms. The number of para-hydroxylation sites is 1. The molecule has 3 rings (SSSR count). The molecule has 0 saturated carbocycles. The van der Waals surface area contributed by atoms with E-state index in [-0.39, 0.29) is 5.75 Å². The third-order valence-corrected chi connectivity index (χ3v) is 3.52. The van der Waals surface area contributed by atoms with Gasteiger partial charge in [0.1, 0.15) is 5.75 Å². The molecule has 0 aromatic heterocycles. The Labute approximate surface area is 121 Å². The molecule has 110 valence electrons. The molecule has 1 unspecified atom stereocenters. The Morgan fingerprint density at radius 2 is 1.86 bits per heavy atom. The highest BCUT2D eigenvalue weighted by Crippen LogP contribution is 2.32. The predicted molar refractivity (Wildman–Crippen MR) is 72.4 cm³/mol. The van der Waals surface area contributed by atoms with E-state index in [9.17, 15) is 14.7 Å². The Hall–Kier alpha value is -2.34. The number of ether oxygens (including phenoxy) is 2. The highest BCUT2D eigenvalue weighted by molar-refractivity contribution is 6.43. The van der Waals surface area contributed by atoms with E-state index in [2.05, 4.69) is 0 Å². The fourth-order valence-corrected chi connectivity index (χ4v) is 2.38. The molecule has 1 fully saturated rings. The van der Waals surface area contributed by atoms with Gasteiger partial charge in [0.05, 0.1) is 13.2 Å². The number of morpholine rings is 1. The number of carbonyl (C=O) groups is 2. The molecule has 1 aromatic rings. The van der Waals surface area contributed by atoms with Crippen molar-refractivity contribution in [1.82, 2.24) is 4.90 Å². The van der Waals surface area contributed by atoms with Gasteiger partial charge in [0.15, 0.2) is 12.0 Å². The van der Waals surface area contributed by atoms with Crippen LogP contribution in [-0.2, 0) is 19.1 Å². The molecular weight excluding hydrogens is 274 g/mol. The molecule has 0 bridgehead atoms. The number of hydrogen-bond acceptors (Lipinski definition) is 6. The number of phenolic OH excluding ortho intramolecular Hbond substituents is 1. The van der Waals surface area contributed by atoms with E-state index in [4.69, 9.17) is 9.47 Å². The van der Waals surface area contributed by atoms with Crippen LogP contribution in [0.1, 0.15) is 11.7 Å². The number of allylic oxidation sites excluding steroid dienone is 1.